The minimum atomic E-state index is -0.189. The highest BCUT2D eigenvalue weighted by atomic mass is 79.9. The third-order valence-corrected chi connectivity index (χ3v) is 4.06. The van der Waals surface area contributed by atoms with Gasteiger partial charge in [-0.25, -0.2) is 0 Å². The van der Waals surface area contributed by atoms with Crippen LogP contribution in [0.2, 0.25) is 5.02 Å². The predicted octanol–water partition coefficient (Wildman–Crippen LogP) is 4.42. The summed E-state index contributed by atoms with van der Waals surface area (Å²) in [6.07, 6.45) is 0. The number of anilines is 1. The standard InChI is InChI=1S/C12H9BrClNO2S/c1-17-9-3-2-7(14)6-8(9)15-12(16)10-4-5-11(13)18-10/h2-6H,1H3,(H,15,16). The summed E-state index contributed by atoms with van der Waals surface area (Å²) in [5.74, 6) is 0.384. The number of carbonyl (C=O) groups is 1. The van der Waals surface area contributed by atoms with Gasteiger partial charge in [0.05, 0.1) is 21.5 Å². The van der Waals surface area contributed by atoms with Crippen LogP contribution in [0.1, 0.15) is 9.67 Å². The Bertz CT molecular complexity index is 585. The Labute approximate surface area is 122 Å². The van der Waals surface area contributed by atoms with E-state index >= 15 is 0 Å². The number of halogens is 2. The fourth-order valence-corrected chi connectivity index (χ4v) is 2.85. The van der Waals surface area contributed by atoms with Crippen molar-refractivity contribution in [2.45, 2.75) is 0 Å². The molecule has 94 valence electrons. The van der Waals surface area contributed by atoms with Gasteiger partial charge in [0.1, 0.15) is 5.75 Å². The first kappa shape index (κ1) is 13.4. The smallest absolute Gasteiger partial charge is 0.265 e. The maximum atomic E-state index is 12.0. The fourth-order valence-electron chi connectivity index (χ4n) is 1.40. The number of hydrogen-bond acceptors (Lipinski definition) is 3. The minimum absolute atomic E-state index is 0.189. The second-order valence-electron chi connectivity index (χ2n) is 3.40. The maximum absolute atomic E-state index is 12.0. The molecule has 0 bridgehead atoms. The van der Waals surface area contributed by atoms with E-state index in [4.69, 9.17) is 16.3 Å². The summed E-state index contributed by atoms with van der Waals surface area (Å²) >= 11 is 10.6. The van der Waals surface area contributed by atoms with Gasteiger partial charge in [-0.2, -0.15) is 0 Å². The molecule has 6 heteroatoms. The Morgan fingerprint density at radius 3 is 2.78 bits per heavy atom. The van der Waals surface area contributed by atoms with E-state index in [0.29, 0.717) is 21.3 Å². The van der Waals surface area contributed by atoms with Gasteiger partial charge in [-0.1, -0.05) is 11.6 Å². The van der Waals surface area contributed by atoms with Crippen LogP contribution in [-0.4, -0.2) is 13.0 Å². The quantitative estimate of drug-likeness (QED) is 0.893. The molecule has 1 aromatic heterocycles. The second kappa shape index (κ2) is 5.73. The van der Waals surface area contributed by atoms with Crippen LogP contribution < -0.4 is 10.1 Å². The first-order valence-electron chi connectivity index (χ1n) is 5.00. The molecule has 0 aliphatic heterocycles. The van der Waals surface area contributed by atoms with Crippen LogP contribution in [0.3, 0.4) is 0 Å². The average molecular weight is 347 g/mol. The zero-order valence-corrected chi connectivity index (χ0v) is 12.5. The Kier molecular flexibility index (Phi) is 4.27. The van der Waals surface area contributed by atoms with Crippen LogP contribution in [0.5, 0.6) is 5.75 Å². The van der Waals surface area contributed by atoms with Gasteiger partial charge in [-0.3, -0.25) is 4.79 Å². The molecule has 2 aromatic rings. The number of nitrogens with one attached hydrogen (secondary N) is 1. The van der Waals surface area contributed by atoms with Gasteiger partial charge in [0, 0.05) is 5.02 Å². The molecule has 0 radical (unpaired) electrons. The van der Waals surface area contributed by atoms with Crippen molar-refractivity contribution < 1.29 is 9.53 Å². The number of amides is 1. The number of ether oxygens (including phenoxy) is 1. The summed E-state index contributed by atoms with van der Waals surface area (Å²) in [6, 6.07) is 8.65. The van der Waals surface area contributed by atoms with E-state index < -0.39 is 0 Å². The molecule has 0 aliphatic carbocycles. The lowest BCUT2D eigenvalue weighted by atomic mass is 10.3. The number of thiophene rings is 1. The van der Waals surface area contributed by atoms with Crippen LogP contribution in [0.4, 0.5) is 5.69 Å². The van der Waals surface area contributed by atoms with Crippen molar-refractivity contribution in [1.82, 2.24) is 0 Å². The van der Waals surface area contributed by atoms with Crippen molar-refractivity contribution >= 4 is 50.5 Å². The molecule has 1 aromatic carbocycles. The molecule has 1 heterocycles. The highest BCUT2D eigenvalue weighted by molar-refractivity contribution is 9.11. The van der Waals surface area contributed by atoms with Crippen molar-refractivity contribution in [2.24, 2.45) is 0 Å². The van der Waals surface area contributed by atoms with Crippen LogP contribution in [-0.2, 0) is 0 Å². The van der Waals surface area contributed by atoms with Gasteiger partial charge in [-0.05, 0) is 46.3 Å². The van der Waals surface area contributed by atoms with Gasteiger partial charge in [-0.15, -0.1) is 11.3 Å². The molecule has 3 nitrogen and oxygen atoms in total. The number of benzene rings is 1. The van der Waals surface area contributed by atoms with Crippen molar-refractivity contribution in [1.29, 1.82) is 0 Å². The predicted molar refractivity (Wildman–Crippen MR) is 78.0 cm³/mol. The third kappa shape index (κ3) is 3.04. The Hall–Kier alpha value is -1.04. The van der Waals surface area contributed by atoms with Crippen molar-refractivity contribution in [3.05, 3.63) is 44.0 Å². The van der Waals surface area contributed by atoms with Crippen LogP contribution in [0.15, 0.2) is 34.1 Å². The largest absolute Gasteiger partial charge is 0.495 e. The van der Waals surface area contributed by atoms with Gasteiger partial charge in [0.25, 0.3) is 5.91 Å². The lowest BCUT2D eigenvalue weighted by molar-refractivity contribution is 0.103. The molecule has 0 saturated carbocycles. The van der Waals surface area contributed by atoms with Gasteiger partial charge in [0.15, 0.2) is 0 Å². The normalized spacial score (nSPS) is 10.2. The fraction of sp³-hybridized carbons (Fsp3) is 0.0833. The van der Waals surface area contributed by atoms with Gasteiger partial charge in [0.2, 0.25) is 0 Å². The highest BCUT2D eigenvalue weighted by Crippen LogP contribution is 2.29. The summed E-state index contributed by atoms with van der Waals surface area (Å²) in [4.78, 5) is 12.6. The van der Waals surface area contributed by atoms with Crippen molar-refractivity contribution in [3.63, 3.8) is 0 Å². The molecule has 0 saturated heterocycles. The molecule has 0 fully saturated rings. The Morgan fingerprint density at radius 1 is 1.39 bits per heavy atom. The molecule has 18 heavy (non-hydrogen) atoms. The third-order valence-electron chi connectivity index (χ3n) is 2.21. The van der Waals surface area contributed by atoms with Gasteiger partial charge >= 0.3 is 0 Å². The number of rotatable bonds is 3. The van der Waals surface area contributed by atoms with Gasteiger partial charge < -0.3 is 10.1 Å². The summed E-state index contributed by atoms with van der Waals surface area (Å²) in [5.41, 5.74) is 0.555. The van der Waals surface area contributed by atoms with Crippen LogP contribution in [0, 0.1) is 0 Å². The summed E-state index contributed by atoms with van der Waals surface area (Å²) in [6.45, 7) is 0. The molecule has 0 unspecified atom stereocenters. The van der Waals surface area contributed by atoms with Crippen LogP contribution >= 0.6 is 38.9 Å². The molecular weight excluding hydrogens is 338 g/mol. The maximum Gasteiger partial charge on any atom is 0.265 e. The summed E-state index contributed by atoms with van der Waals surface area (Å²) < 4.78 is 6.07. The monoisotopic (exact) mass is 345 g/mol. The molecule has 2 rings (SSSR count). The summed E-state index contributed by atoms with van der Waals surface area (Å²) in [7, 11) is 1.54. The van der Waals surface area contributed by atoms with E-state index in [9.17, 15) is 4.79 Å². The number of hydrogen-bond donors (Lipinski definition) is 1. The highest BCUT2D eigenvalue weighted by Gasteiger charge is 2.12. The average Bonchev–Trinajstić information content (AvgIpc) is 2.76. The van der Waals surface area contributed by atoms with E-state index in [-0.39, 0.29) is 5.91 Å². The van der Waals surface area contributed by atoms with E-state index in [1.165, 1.54) is 11.3 Å². The van der Waals surface area contributed by atoms with Crippen molar-refractivity contribution in [3.8, 4) is 5.75 Å². The lowest BCUT2D eigenvalue weighted by Gasteiger charge is -2.09. The topological polar surface area (TPSA) is 38.3 Å². The van der Waals surface area contributed by atoms with Crippen LogP contribution in [0.25, 0.3) is 0 Å². The molecule has 0 atom stereocenters. The molecule has 1 amide bonds. The number of methoxy groups -OCH3 is 1. The Morgan fingerprint density at radius 2 is 2.17 bits per heavy atom. The molecule has 0 spiro atoms. The summed E-state index contributed by atoms with van der Waals surface area (Å²) in [5, 5.41) is 3.31. The minimum Gasteiger partial charge on any atom is -0.495 e. The first-order valence-corrected chi connectivity index (χ1v) is 6.99. The van der Waals surface area contributed by atoms with E-state index in [0.717, 1.165) is 3.79 Å². The Balaban J connectivity index is 2.23. The second-order valence-corrected chi connectivity index (χ2v) is 6.30. The zero-order valence-electron chi connectivity index (χ0n) is 9.37. The van der Waals surface area contributed by atoms with E-state index in [1.807, 2.05) is 6.07 Å². The SMILES string of the molecule is COc1ccc(Cl)cc1NC(=O)c1ccc(Br)s1. The van der Waals surface area contributed by atoms with E-state index in [1.54, 1.807) is 31.4 Å². The van der Waals surface area contributed by atoms with Crippen molar-refractivity contribution in [2.75, 3.05) is 12.4 Å². The molecular formula is C12H9BrClNO2S. The number of carbonyl (C=O) groups excluding carboxylic acids is 1. The molecule has 0 aliphatic rings. The lowest BCUT2D eigenvalue weighted by Crippen LogP contribution is -2.10. The first-order chi connectivity index (χ1) is 8.60. The molecule has 1 N–H and O–H groups in total. The zero-order chi connectivity index (χ0) is 13.1. The van der Waals surface area contributed by atoms with E-state index in [2.05, 4.69) is 21.2 Å².